The second-order valence-electron chi connectivity index (χ2n) is 5.21. The average Bonchev–Trinajstić information content (AvgIpc) is 2.61. The quantitative estimate of drug-likeness (QED) is 0.554. The van der Waals surface area contributed by atoms with Gasteiger partial charge in [-0.05, 0) is 13.8 Å². The third kappa shape index (κ3) is 4.23. The summed E-state index contributed by atoms with van der Waals surface area (Å²) in [5, 5.41) is -1.03. The zero-order valence-corrected chi connectivity index (χ0v) is 15.4. The van der Waals surface area contributed by atoms with Crippen LogP contribution >= 0.6 is 0 Å². The molecule has 0 aliphatic rings. The average molecular weight is 394 g/mol. The van der Waals surface area contributed by atoms with Crippen LogP contribution in [0.1, 0.15) is 34.6 Å². The van der Waals surface area contributed by atoms with Crippen LogP contribution in [0.5, 0.6) is 0 Å². The SMILES string of the molecule is CCOC(=O)c1c(S(=O)(=O)O)nc(-c2ccccc2)c(N)c1C(=O)OCC. The molecule has 2 aromatic rings. The van der Waals surface area contributed by atoms with Gasteiger partial charge in [-0.25, -0.2) is 14.6 Å². The van der Waals surface area contributed by atoms with Crippen molar-refractivity contribution in [1.29, 1.82) is 0 Å². The van der Waals surface area contributed by atoms with Crippen LogP contribution in [0.4, 0.5) is 5.69 Å². The molecule has 3 N–H and O–H groups in total. The van der Waals surface area contributed by atoms with E-state index in [0.717, 1.165) is 0 Å². The summed E-state index contributed by atoms with van der Waals surface area (Å²) in [6.45, 7) is 2.86. The number of hydrogen-bond acceptors (Lipinski definition) is 8. The maximum Gasteiger partial charge on any atom is 0.342 e. The van der Waals surface area contributed by atoms with Crippen LogP contribution in [0.2, 0.25) is 0 Å². The Labute approximate surface area is 155 Å². The molecule has 0 unspecified atom stereocenters. The van der Waals surface area contributed by atoms with Crippen molar-refractivity contribution in [2.24, 2.45) is 0 Å². The van der Waals surface area contributed by atoms with Crippen LogP contribution in [0, 0.1) is 0 Å². The first-order valence-corrected chi connectivity index (χ1v) is 9.36. The second kappa shape index (κ2) is 8.14. The van der Waals surface area contributed by atoms with Crippen LogP contribution in [0.3, 0.4) is 0 Å². The first-order chi connectivity index (χ1) is 12.7. The van der Waals surface area contributed by atoms with Crippen molar-refractivity contribution < 1.29 is 32.0 Å². The number of nitrogens with zero attached hydrogens (tertiary/aromatic N) is 1. The fraction of sp³-hybridized carbons (Fsp3) is 0.235. The molecule has 9 nitrogen and oxygen atoms in total. The van der Waals surface area contributed by atoms with Crippen LogP contribution in [-0.2, 0) is 19.6 Å². The first-order valence-electron chi connectivity index (χ1n) is 7.92. The van der Waals surface area contributed by atoms with Gasteiger partial charge in [-0.2, -0.15) is 8.42 Å². The number of nitrogens with two attached hydrogens (primary N) is 1. The monoisotopic (exact) mass is 394 g/mol. The lowest BCUT2D eigenvalue weighted by Gasteiger charge is -2.16. The minimum absolute atomic E-state index is 0.0509. The number of benzene rings is 1. The third-order valence-corrected chi connectivity index (χ3v) is 4.24. The van der Waals surface area contributed by atoms with E-state index in [1.54, 1.807) is 30.3 Å². The lowest BCUT2D eigenvalue weighted by atomic mass is 10.0. The van der Waals surface area contributed by atoms with Crippen molar-refractivity contribution in [2.75, 3.05) is 18.9 Å². The van der Waals surface area contributed by atoms with E-state index in [1.807, 2.05) is 0 Å². The van der Waals surface area contributed by atoms with Crippen molar-refractivity contribution >= 4 is 27.7 Å². The van der Waals surface area contributed by atoms with Gasteiger partial charge in [0.2, 0.25) is 0 Å². The number of ether oxygens (including phenoxy) is 2. The van der Waals surface area contributed by atoms with Gasteiger partial charge in [0.05, 0.1) is 24.6 Å². The number of esters is 2. The summed E-state index contributed by atoms with van der Waals surface area (Å²) in [5.74, 6) is -2.21. The maximum absolute atomic E-state index is 12.4. The summed E-state index contributed by atoms with van der Waals surface area (Å²) in [4.78, 5) is 28.6. The molecule has 10 heteroatoms. The number of anilines is 1. The predicted octanol–water partition coefficient (Wildman–Crippen LogP) is 1.93. The summed E-state index contributed by atoms with van der Waals surface area (Å²) in [6, 6.07) is 8.15. The number of nitrogen functional groups attached to an aromatic ring is 1. The highest BCUT2D eigenvalue weighted by atomic mass is 32.2. The van der Waals surface area contributed by atoms with Crippen molar-refractivity contribution in [1.82, 2.24) is 4.98 Å². The molecule has 0 aliphatic heterocycles. The second-order valence-corrected chi connectivity index (χ2v) is 6.55. The first kappa shape index (κ1) is 20.3. The summed E-state index contributed by atoms with van der Waals surface area (Å²) in [7, 11) is -4.99. The molecule has 27 heavy (non-hydrogen) atoms. The molecule has 0 bridgehead atoms. The van der Waals surface area contributed by atoms with Gasteiger partial charge in [-0.15, -0.1) is 0 Å². The number of carbonyl (C=O) groups is 2. The highest BCUT2D eigenvalue weighted by molar-refractivity contribution is 7.85. The highest BCUT2D eigenvalue weighted by Gasteiger charge is 2.34. The van der Waals surface area contributed by atoms with Crippen LogP contribution < -0.4 is 5.73 Å². The molecule has 1 heterocycles. The minimum Gasteiger partial charge on any atom is -0.462 e. The Balaban J connectivity index is 2.95. The highest BCUT2D eigenvalue weighted by Crippen LogP contribution is 2.33. The Morgan fingerprint density at radius 3 is 2.04 bits per heavy atom. The van der Waals surface area contributed by atoms with Gasteiger partial charge in [0.15, 0.2) is 5.03 Å². The van der Waals surface area contributed by atoms with Gasteiger partial charge in [-0.3, -0.25) is 4.55 Å². The van der Waals surface area contributed by atoms with Gasteiger partial charge < -0.3 is 15.2 Å². The molecular weight excluding hydrogens is 376 g/mol. The van der Waals surface area contributed by atoms with Crippen molar-refractivity contribution in [3.63, 3.8) is 0 Å². The molecule has 2 rings (SSSR count). The molecule has 0 saturated carbocycles. The van der Waals surface area contributed by atoms with Crippen molar-refractivity contribution in [3.05, 3.63) is 41.5 Å². The maximum atomic E-state index is 12.4. The molecule has 0 atom stereocenters. The molecule has 0 saturated heterocycles. The predicted molar refractivity (Wildman–Crippen MR) is 95.8 cm³/mol. The number of carbonyl (C=O) groups excluding carboxylic acids is 2. The Bertz CT molecular complexity index is 973. The van der Waals surface area contributed by atoms with Crippen LogP contribution in [-0.4, -0.2) is 43.1 Å². The minimum atomic E-state index is -4.99. The fourth-order valence-electron chi connectivity index (χ4n) is 2.39. The van der Waals surface area contributed by atoms with E-state index in [4.69, 9.17) is 15.2 Å². The molecule has 144 valence electrons. The van der Waals surface area contributed by atoms with Crippen molar-refractivity contribution in [3.8, 4) is 11.3 Å². The molecule has 0 amide bonds. The van der Waals surface area contributed by atoms with E-state index in [-0.39, 0.29) is 24.6 Å². The Morgan fingerprint density at radius 1 is 1.04 bits per heavy atom. The Morgan fingerprint density at radius 2 is 1.56 bits per heavy atom. The molecule has 1 aromatic carbocycles. The summed E-state index contributed by atoms with van der Waals surface area (Å²) >= 11 is 0. The molecule has 0 aliphatic carbocycles. The number of aromatic nitrogens is 1. The smallest absolute Gasteiger partial charge is 0.342 e. The van der Waals surface area contributed by atoms with E-state index in [1.165, 1.54) is 13.8 Å². The molecule has 0 fully saturated rings. The number of hydrogen-bond donors (Lipinski definition) is 2. The van der Waals surface area contributed by atoms with Crippen LogP contribution in [0.25, 0.3) is 11.3 Å². The largest absolute Gasteiger partial charge is 0.462 e. The molecular formula is C17H18N2O7S. The zero-order chi connectivity index (χ0) is 20.2. The Hall–Kier alpha value is -2.98. The summed E-state index contributed by atoms with van der Waals surface area (Å²) < 4.78 is 43.1. The van der Waals surface area contributed by atoms with E-state index in [9.17, 15) is 22.6 Å². The zero-order valence-electron chi connectivity index (χ0n) is 14.6. The van der Waals surface area contributed by atoms with Gasteiger partial charge >= 0.3 is 22.1 Å². The topological polar surface area (TPSA) is 146 Å². The molecule has 1 aromatic heterocycles. The van der Waals surface area contributed by atoms with Crippen molar-refractivity contribution in [2.45, 2.75) is 18.9 Å². The standard InChI is InChI=1S/C17H18N2O7S/c1-3-25-16(20)11-12(17(21)26-4-2)15(27(22,23)24)19-14(13(11)18)10-8-6-5-7-9-10/h5-9H,3-4,18H2,1-2H3,(H,22,23,24). The Kier molecular flexibility index (Phi) is 6.13. The van der Waals surface area contributed by atoms with Gasteiger partial charge in [0, 0.05) is 5.56 Å². The number of pyridine rings is 1. The van der Waals surface area contributed by atoms with E-state index < -0.39 is 38.2 Å². The van der Waals surface area contributed by atoms with Crippen LogP contribution in [0.15, 0.2) is 35.4 Å². The van der Waals surface area contributed by atoms with Gasteiger partial charge in [0.25, 0.3) is 0 Å². The molecule has 0 radical (unpaired) electrons. The molecule has 0 spiro atoms. The fourth-order valence-corrected chi connectivity index (χ4v) is 3.04. The lowest BCUT2D eigenvalue weighted by molar-refractivity contribution is 0.0475. The summed E-state index contributed by atoms with van der Waals surface area (Å²) in [6.07, 6.45) is 0. The van der Waals surface area contributed by atoms with E-state index in [2.05, 4.69) is 4.98 Å². The lowest BCUT2D eigenvalue weighted by Crippen LogP contribution is -2.22. The summed E-state index contributed by atoms with van der Waals surface area (Å²) in [5.41, 5.74) is 4.76. The normalized spacial score (nSPS) is 11.1. The van der Waals surface area contributed by atoms with Gasteiger partial charge in [-0.1, -0.05) is 30.3 Å². The van der Waals surface area contributed by atoms with E-state index >= 15 is 0 Å². The number of rotatable bonds is 6. The van der Waals surface area contributed by atoms with Gasteiger partial charge in [0.1, 0.15) is 11.1 Å². The van der Waals surface area contributed by atoms with E-state index in [0.29, 0.717) is 5.56 Å². The third-order valence-electron chi connectivity index (χ3n) is 3.45.